The zero-order chi connectivity index (χ0) is 9.61. The molecule has 0 saturated heterocycles. The molecule has 0 aliphatic carbocycles. The second-order valence-electron chi connectivity index (χ2n) is 3.48. The van der Waals surface area contributed by atoms with Gasteiger partial charge in [0, 0.05) is 18.9 Å². The van der Waals surface area contributed by atoms with E-state index < -0.39 is 0 Å². The Morgan fingerprint density at radius 1 is 1.58 bits per heavy atom. The Hall–Kier alpha value is -1.06. The largest absolute Gasteiger partial charge is 0.467 e. The van der Waals surface area contributed by atoms with Crippen LogP contribution in [0.1, 0.15) is 20.8 Å². The van der Waals surface area contributed by atoms with E-state index in [-0.39, 0.29) is 11.3 Å². The van der Waals surface area contributed by atoms with Gasteiger partial charge in [-0.05, 0) is 0 Å². The second-order valence-corrected chi connectivity index (χ2v) is 3.48. The highest BCUT2D eigenvalue weighted by atomic mass is 16.5. The normalized spacial score (nSPS) is 10.6. The lowest BCUT2D eigenvalue weighted by Gasteiger charge is -2.22. The average Bonchev–Trinajstić information content (AvgIpc) is 1.98. The maximum atomic E-state index is 10.5. The fraction of sp³-hybridized carbons (Fsp3) is 0.750. The smallest absolute Gasteiger partial charge is 0.293 e. The van der Waals surface area contributed by atoms with Gasteiger partial charge in [-0.25, -0.2) is 0 Å². The Morgan fingerprint density at radius 3 is 2.58 bits per heavy atom. The predicted octanol–water partition coefficient (Wildman–Crippen LogP) is 0.322. The van der Waals surface area contributed by atoms with Gasteiger partial charge < -0.3 is 10.1 Å². The molecule has 1 amide bonds. The first-order chi connectivity index (χ1) is 5.48. The third kappa shape index (κ3) is 5.70. The number of rotatable bonds is 5. The lowest BCUT2D eigenvalue weighted by Crippen LogP contribution is -2.35. The molecule has 0 rings (SSSR count). The molecule has 0 fully saturated rings. The van der Waals surface area contributed by atoms with Gasteiger partial charge in [0.25, 0.3) is 6.47 Å². The Morgan fingerprint density at radius 2 is 2.17 bits per heavy atom. The van der Waals surface area contributed by atoms with Crippen LogP contribution < -0.4 is 5.32 Å². The molecule has 0 saturated carbocycles. The summed E-state index contributed by atoms with van der Waals surface area (Å²) in [5, 5.41) is 2.66. The van der Waals surface area contributed by atoms with E-state index in [1.165, 1.54) is 6.92 Å². The number of hydrogen-bond acceptors (Lipinski definition) is 3. The summed E-state index contributed by atoms with van der Waals surface area (Å²) < 4.78 is 4.60. The van der Waals surface area contributed by atoms with Crippen molar-refractivity contribution in [2.24, 2.45) is 5.41 Å². The summed E-state index contributed by atoms with van der Waals surface area (Å²) in [6.45, 7) is 6.51. The van der Waals surface area contributed by atoms with Crippen molar-refractivity contribution in [3.63, 3.8) is 0 Å². The molecule has 1 N–H and O–H groups in total. The van der Waals surface area contributed by atoms with Gasteiger partial charge in [-0.1, -0.05) is 13.8 Å². The molecule has 0 unspecified atom stereocenters. The molecule has 0 aromatic heterocycles. The zero-order valence-electron chi connectivity index (χ0n) is 7.72. The van der Waals surface area contributed by atoms with Gasteiger partial charge in [0.15, 0.2) is 0 Å². The molecule has 0 aromatic rings. The number of hydrogen-bond donors (Lipinski definition) is 1. The first kappa shape index (κ1) is 10.9. The van der Waals surface area contributed by atoms with Crippen LogP contribution in [-0.2, 0) is 14.3 Å². The van der Waals surface area contributed by atoms with Crippen molar-refractivity contribution in [2.45, 2.75) is 20.8 Å². The summed E-state index contributed by atoms with van der Waals surface area (Å²) in [5.74, 6) is -0.0748. The van der Waals surface area contributed by atoms with Crippen molar-refractivity contribution >= 4 is 12.4 Å². The zero-order valence-corrected chi connectivity index (χ0v) is 7.72. The van der Waals surface area contributed by atoms with E-state index in [0.717, 1.165) is 0 Å². The summed E-state index contributed by atoms with van der Waals surface area (Å²) in [5.41, 5.74) is -0.202. The molecule has 0 bridgehead atoms. The minimum atomic E-state index is -0.202. The maximum absolute atomic E-state index is 10.5. The quantitative estimate of drug-likeness (QED) is 0.609. The minimum absolute atomic E-state index is 0.0748. The fourth-order valence-electron chi connectivity index (χ4n) is 0.674. The van der Waals surface area contributed by atoms with E-state index in [1.807, 2.05) is 13.8 Å². The van der Waals surface area contributed by atoms with Crippen molar-refractivity contribution < 1.29 is 14.3 Å². The second kappa shape index (κ2) is 4.74. The van der Waals surface area contributed by atoms with Crippen LogP contribution in [0.15, 0.2) is 0 Å². The highest BCUT2D eigenvalue weighted by Gasteiger charge is 2.18. The van der Waals surface area contributed by atoms with Crippen LogP contribution in [0.3, 0.4) is 0 Å². The van der Waals surface area contributed by atoms with E-state index in [4.69, 9.17) is 0 Å². The molecule has 0 aliphatic heterocycles. The molecule has 0 aromatic carbocycles. The molecule has 0 spiro atoms. The predicted molar refractivity (Wildman–Crippen MR) is 44.5 cm³/mol. The van der Waals surface area contributed by atoms with Crippen LogP contribution >= 0.6 is 0 Å². The molecule has 0 atom stereocenters. The summed E-state index contributed by atoms with van der Waals surface area (Å²) in [6.07, 6.45) is 0. The number of nitrogens with one attached hydrogen (secondary N) is 1. The topological polar surface area (TPSA) is 55.4 Å². The number of amides is 1. The van der Waals surface area contributed by atoms with Gasteiger partial charge in [0.1, 0.15) is 0 Å². The van der Waals surface area contributed by atoms with Crippen LogP contribution in [0.4, 0.5) is 0 Å². The lowest BCUT2D eigenvalue weighted by atomic mass is 9.95. The molecular formula is C8H15NO3. The van der Waals surface area contributed by atoms with Crippen LogP contribution in [0.2, 0.25) is 0 Å². The molecule has 0 radical (unpaired) electrons. The Kier molecular flexibility index (Phi) is 4.33. The van der Waals surface area contributed by atoms with Crippen molar-refractivity contribution in [3.05, 3.63) is 0 Å². The van der Waals surface area contributed by atoms with Crippen molar-refractivity contribution in [1.82, 2.24) is 5.32 Å². The number of carbonyl (C=O) groups excluding carboxylic acids is 2. The van der Waals surface area contributed by atoms with Crippen LogP contribution in [0.25, 0.3) is 0 Å². The third-order valence-electron chi connectivity index (χ3n) is 1.36. The van der Waals surface area contributed by atoms with Crippen LogP contribution in [-0.4, -0.2) is 25.5 Å². The van der Waals surface area contributed by atoms with Gasteiger partial charge in [-0.2, -0.15) is 0 Å². The summed E-state index contributed by atoms with van der Waals surface area (Å²) in [7, 11) is 0. The summed E-state index contributed by atoms with van der Waals surface area (Å²) >= 11 is 0. The average molecular weight is 173 g/mol. The Balaban J connectivity index is 3.69. The maximum Gasteiger partial charge on any atom is 0.293 e. The number of ether oxygens (including phenoxy) is 1. The monoisotopic (exact) mass is 173 g/mol. The van der Waals surface area contributed by atoms with Gasteiger partial charge in [-0.3, -0.25) is 9.59 Å². The third-order valence-corrected chi connectivity index (χ3v) is 1.36. The van der Waals surface area contributed by atoms with Crippen molar-refractivity contribution in [2.75, 3.05) is 13.2 Å². The summed E-state index contributed by atoms with van der Waals surface area (Å²) in [6, 6.07) is 0. The molecule has 0 heterocycles. The van der Waals surface area contributed by atoms with Gasteiger partial charge in [0.2, 0.25) is 5.91 Å². The molecular weight excluding hydrogens is 158 g/mol. The van der Waals surface area contributed by atoms with Gasteiger partial charge in [0.05, 0.1) is 6.61 Å². The van der Waals surface area contributed by atoms with E-state index in [9.17, 15) is 9.59 Å². The van der Waals surface area contributed by atoms with E-state index in [1.54, 1.807) is 0 Å². The van der Waals surface area contributed by atoms with E-state index in [0.29, 0.717) is 19.6 Å². The standard InChI is InChI=1S/C8H15NO3/c1-7(11)9-4-8(2,3)5-12-6-10/h6H,4-5H2,1-3H3,(H,9,11). The molecule has 4 nitrogen and oxygen atoms in total. The summed E-state index contributed by atoms with van der Waals surface area (Å²) in [4.78, 5) is 20.4. The van der Waals surface area contributed by atoms with Crippen LogP contribution in [0.5, 0.6) is 0 Å². The highest BCUT2D eigenvalue weighted by Crippen LogP contribution is 2.12. The molecule has 70 valence electrons. The SMILES string of the molecule is CC(=O)NCC(C)(C)COC=O. The van der Waals surface area contributed by atoms with Gasteiger partial charge >= 0.3 is 0 Å². The number of carbonyl (C=O) groups is 2. The molecule has 12 heavy (non-hydrogen) atoms. The fourth-order valence-corrected chi connectivity index (χ4v) is 0.674. The Bertz CT molecular complexity index is 166. The van der Waals surface area contributed by atoms with Crippen LogP contribution in [0, 0.1) is 5.41 Å². The Labute approximate surface area is 72.3 Å². The van der Waals surface area contributed by atoms with Crippen molar-refractivity contribution in [3.8, 4) is 0 Å². The first-order valence-corrected chi connectivity index (χ1v) is 3.77. The van der Waals surface area contributed by atoms with Crippen molar-refractivity contribution in [1.29, 1.82) is 0 Å². The molecule has 0 aliphatic rings. The highest BCUT2D eigenvalue weighted by molar-refractivity contribution is 5.72. The lowest BCUT2D eigenvalue weighted by molar-refractivity contribution is -0.131. The van der Waals surface area contributed by atoms with E-state index in [2.05, 4.69) is 10.1 Å². The molecule has 4 heteroatoms. The minimum Gasteiger partial charge on any atom is -0.467 e. The van der Waals surface area contributed by atoms with Gasteiger partial charge in [-0.15, -0.1) is 0 Å². The first-order valence-electron chi connectivity index (χ1n) is 3.77. The van der Waals surface area contributed by atoms with E-state index >= 15 is 0 Å².